The number of ether oxygens (including phenoxy) is 1. The fourth-order valence-electron chi connectivity index (χ4n) is 2.59. The third kappa shape index (κ3) is 1.13. The predicted octanol–water partition coefficient (Wildman–Crippen LogP) is 0.265. The van der Waals surface area contributed by atoms with Crippen molar-refractivity contribution in [2.24, 2.45) is 11.8 Å². The molecule has 2 fully saturated rings. The fraction of sp³-hybridized carbons (Fsp3) is 0.636. The number of fused-ring (bicyclic) bond motifs is 5. The number of carbonyl (C=O) groups excluding carboxylic acids is 2. The lowest BCUT2D eigenvalue weighted by molar-refractivity contribution is -0.202. The first kappa shape index (κ1) is 9.99. The first-order valence-corrected chi connectivity index (χ1v) is 5.48. The molecule has 3 aliphatic rings. The van der Waals surface area contributed by atoms with Gasteiger partial charge >= 0.3 is 0 Å². The van der Waals surface area contributed by atoms with Crippen LogP contribution in [0.1, 0.15) is 13.8 Å². The summed E-state index contributed by atoms with van der Waals surface area (Å²) in [7, 11) is 0. The first-order chi connectivity index (χ1) is 7.59. The molecule has 0 saturated carbocycles. The van der Waals surface area contributed by atoms with Crippen LogP contribution < -0.4 is 0 Å². The van der Waals surface area contributed by atoms with E-state index in [4.69, 9.17) is 9.57 Å². The smallest absolute Gasteiger partial charge is 0.260 e. The molecule has 0 aromatic rings. The average molecular weight is 223 g/mol. The van der Waals surface area contributed by atoms with Crippen molar-refractivity contribution in [1.82, 2.24) is 5.06 Å². The van der Waals surface area contributed by atoms with Crippen LogP contribution in [0.5, 0.6) is 0 Å². The Hall–Kier alpha value is -1.20. The number of nitrogens with zero attached hydrogens (tertiary/aromatic N) is 1. The van der Waals surface area contributed by atoms with Gasteiger partial charge in [0.2, 0.25) is 0 Å². The van der Waals surface area contributed by atoms with Gasteiger partial charge in [0.1, 0.15) is 0 Å². The van der Waals surface area contributed by atoms with E-state index in [1.807, 2.05) is 12.2 Å². The highest BCUT2D eigenvalue weighted by atomic mass is 16.7. The van der Waals surface area contributed by atoms with Gasteiger partial charge in [-0.05, 0) is 13.8 Å². The van der Waals surface area contributed by atoms with Crippen LogP contribution in [0.2, 0.25) is 0 Å². The Morgan fingerprint density at radius 3 is 2.12 bits per heavy atom. The lowest BCUT2D eigenvalue weighted by Crippen LogP contribution is -2.36. The largest absolute Gasteiger partial charge is 0.365 e. The third-order valence-electron chi connectivity index (χ3n) is 3.19. The zero-order valence-corrected chi connectivity index (χ0v) is 9.12. The molecule has 2 amide bonds. The summed E-state index contributed by atoms with van der Waals surface area (Å²) in [5, 5.41) is 0.926. The molecule has 86 valence electrons. The lowest BCUT2D eigenvalue weighted by atomic mass is 9.85. The molecule has 2 saturated heterocycles. The van der Waals surface area contributed by atoms with Crippen molar-refractivity contribution in [3.63, 3.8) is 0 Å². The van der Waals surface area contributed by atoms with Crippen molar-refractivity contribution in [1.29, 1.82) is 0 Å². The summed E-state index contributed by atoms with van der Waals surface area (Å²) in [6.45, 7) is 3.58. The van der Waals surface area contributed by atoms with Gasteiger partial charge in [0.15, 0.2) is 0 Å². The highest BCUT2D eigenvalue weighted by molar-refractivity contribution is 6.05. The molecule has 0 N–H and O–H groups in total. The molecule has 4 atom stereocenters. The molecule has 16 heavy (non-hydrogen) atoms. The van der Waals surface area contributed by atoms with E-state index in [1.165, 1.54) is 0 Å². The minimum Gasteiger partial charge on any atom is -0.365 e. The number of imide groups is 1. The summed E-state index contributed by atoms with van der Waals surface area (Å²) >= 11 is 0. The van der Waals surface area contributed by atoms with Crippen molar-refractivity contribution in [3.05, 3.63) is 12.2 Å². The molecule has 0 spiro atoms. The van der Waals surface area contributed by atoms with Gasteiger partial charge in [-0.1, -0.05) is 12.2 Å². The molecular weight excluding hydrogens is 210 g/mol. The van der Waals surface area contributed by atoms with Crippen molar-refractivity contribution in [3.8, 4) is 0 Å². The van der Waals surface area contributed by atoms with Crippen molar-refractivity contribution in [2.75, 3.05) is 0 Å². The number of carbonyl (C=O) groups is 2. The molecule has 0 aromatic carbocycles. The number of hydrogen-bond acceptors (Lipinski definition) is 4. The standard InChI is InChI=1S/C11H13NO4/c1-5(2)16-12-10(13)8-6-3-4-7(15-6)9(8)11(12)14/h3-9H,1-2H3/t6-,7+,8-,9-/m0/s1. The van der Waals surface area contributed by atoms with E-state index < -0.39 is 0 Å². The quantitative estimate of drug-likeness (QED) is 0.498. The predicted molar refractivity (Wildman–Crippen MR) is 52.9 cm³/mol. The van der Waals surface area contributed by atoms with E-state index in [-0.39, 0.29) is 42.0 Å². The normalized spacial score (nSPS) is 40.3. The highest BCUT2D eigenvalue weighted by Gasteiger charge is 2.61. The van der Waals surface area contributed by atoms with E-state index >= 15 is 0 Å². The van der Waals surface area contributed by atoms with Gasteiger partial charge in [0.25, 0.3) is 11.8 Å². The number of hydroxylamine groups is 2. The molecule has 0 unspecified atom stereocenters. The van der Waals surface area contributed by atoms with E-state index in [1.54, 1.807) is 13.8 Å². The maximum atomic E-state index is 12.0. The summed E-state index contributed by atoms with van der Waals surface area (Å²) in [4.78, 5) is 29.2. The molecule has 0 aliphatic carbocycles. The maximum absolute atomic E-state index is 12.0. The topological polar surface area (TPSA) is 55.8 Å². The van der Waals surface area contributed by atoms with Gasteiger partial charge in [-0.3, -0.25) is 14.4 Å². The molecule has 3 rings (SSSR count). The molecule has 5 heteroatoms. The van der Waals surface area contributed by atoms with Crippen LogP contribution >= 0.6 is 0 Å². The van der Waals surface area contributed by atoms with E-state index in [9.17, 15) is 9.59 Å². The Labute approximate surface area is 92.9 Å². The van der Waals surface area contributed by atoms with Gasteiger partial charge in [-0.2, -0.15) is 5.06 Å². The summed E-state index contributed by atoms with van der Waals surface area (Å²) in [5.74, 6) is -1.27. The van der Waals surface area contributed by atoms with Crippen LogP contribution in [0.3, 0.4) is 0 Å². The van der Waals surface area contributed by atoms with Gasteiger partial charge < -0.3 is 4.74 Å². The van der Waals surface area contributed by atoms with Crippen LogP contribution in [0.4, 0.5) is 0 Å². The second-order valence-electron chi connectivity index (χ2n) is 4.63. The van der Waals surface area contributed by atoms with Gasteiger partial charge in [0.05, 0.1) is 30.1 Å². The van der Waals surface area contributed by atoms with Gasteiger partial charge in [-0.15, -0.1) is 0 Å². The average Bonchev–Trinajstić information content (AvgIpc) is 2.87. The van der Waals surface area contributed by atoms with Crippen LogP contribution in [0, 0.1) is 11.8 Å². The summed E-state index contributed by atoms with van der Waals surface area (Å²) in [5.41, 5.74) is 0. The monoisotopic (exact) mass is 223 g/mol. The molecule has 0 aromatic heterocycles. The Kier molecular flexibility index (Phi) is 1.96. The van der Waals surface area contributed by atoms with Crippen LogP contribution in [-0.4, -0.2) is 35.2 Å². The minimum absolute atomic E-state index is 0.182. The fourth-order valence-corrected chi connectivity index (χ4v) is 2.59. The Morgan fingerprint density at radius 2 is 1.69 bits per heavy atom. The number of amides is 2. The lowest BCUT2D eigenvalue weighted by Gasteiger charge is -2.18. The SMILES string of the molecule is CC(C)ON1C(=O)[C@@H]2[C@@H](C1=O)[C@H]1C=C[C@@H]2O1. The van der Waals surface area contributed by atoms with E-state index in [0.717, 1.165) is 5.06 Å². The van der Waals surface area contributed by atoms with E-state index in [0.29, 0.717) is 0 Å². The first-order valence-electron chi connectivity index (χ1n) is 5.48. The molecule has 5 nitrogen and oxygen atoms in total. The Balaban J connectivity index is 1.89. The second-order valence-corrected chi connectivity index (χ2v) is 4.63. The van der Waals surface area contributed by atoms with Crippen molar-refractivity contribution < 1.29 is 19.2 Å². The summed E-state index contributed by atoms with van der Waals surface area (Å²) in [6, 6.07) is 0. The van der Waals surface area contributed by atoms with Gasteiger partial charge in [-0.25, -0.2) is 0 Å². The zero-order chi connectivity index (χ0) is 11.4. The van der Waals surface area contributed by atoms with Crippen LogP contribution in [0.25, 0.3) is 0 Å². The minimum atomic E-state index is -0.374. The molecule has 2 bridgehead atoms. The molecule has 3 aliphatic heterocycles. The Bertz CT molecular complexity index is 359. The Morgan fingerprint density at radius 1 is 1.19 bits per heavy atom. The molecule has 0 radical (unpaired) electrons. The van der Waals surface area contributed by atoms with Gasteiger partial charge in [0, 0.05) is 0 Å². The van der Waals surface area contributed by atoms with Crippen LogP contribution in [0.15, 0.2) is 12.2 Å². The summed E-state index contributed by atoms with van der Waals surface area (Å²) < 4.78 is 5.50. The van der Waals surface area contributed by atoms with Crippen molar-refractivity contribution >= 4 is 11.8 Å². The molecule has 3 heterocycles. The molecular formula is C11H13NO4. The second kappa shape index (κ2) is 3.15. The maximum Gasteiger partial charge on any atom is 0.260 e. The zero-order valence-electron chi connectivity index (χ0n) is 9.12. The highest BCUT2D eigenvalue weighted by Crippen LogP contribution is 2.45. The third-order valence-corrected chi connectivity index (χ3v) is 3.19. The van der Waals surface area contributed by atoms with Crippen LogP contribution in [-0.2, 0) is 19.2 Å². The van der Waals surface area contributed by atoms with Crippen molar-refractivity contribution in [2.45, 2.75) is 32.2 Å². The number of rotatable bonds is 2. The summed E-state index contributed by atoms with van der Waals surface area (Å²) in [6.07, 6.45) is 3.05. The van der Waals surface area contributed by atoms with E-state index in [2.05, 4.69) is 0 Å². The number of hydrogen-bond donors (Lipinski definition) is 0.